The summed E-state index contributed by atoms with van der Waals surface area (Å²) in [5.41, 5.74) is 2.06. The summed E-state index contributed by atoms with van der Waals surface area (Å²) >= 11 is 1.57. The van der Waals surface area contributed by atoms with Gasteiger partial charge in [-0.3, -0.25) is 0 Å². The van der Waals surface area contributed by atoms with Crippen molar-refractivity contribution in [3.05, 3.63) is 115 Å². The van der Waals surface area contributed by atoms with E-state index in [1.807, 2.05) is 54.6 Å². The molecule has 0 bridgehead atoms. The van der Waals surface area contributed by atoms with Crippen LogP contribution in [0.1, 0.15) is 0 Å². The van der Waals surface area contributed by atoms with E-state index in [0.29, 0.717) is 4.90 Å². The predicted octanol–water partition coefficient (Wildman–Crippen LogP) is 9.10. The SMILES string of the molecule is CS(=O)(=O)c1cc(-c2c3ccccc3cc3ccccc23)sc1-c1c2ccccc2cc2ccccc12. The topological polar surface area (TPSA) is 34.1 Å². The van der Waals surface area contributed by atoms with Crippen LogP contribution < -0.4 is 0 Å². The highest BCUT2D eigenvalue weighted by Crippen LogP contribution is 2.48. The number of rotatable bonds is 3. The van der Waals surface area contributed by atoms with Crippen LogP contribution in [0.25, 0.3) is 64.0 Å². The summed E-state index contributed by atoms with van der Waals surface area (Å²) in [6.07, 6.45) is 1.32. The van der Waals surface area contributed by atoms with Gasteiger partial charge in [-0.1, -0.05) is 97.1 Å². The molecule has 2 nitrogen and oxygen atoms in total. The predicted molar refractivity (Wildman–Crippen MR) is 158 cm³/mol. The molecule has 178 valence electrons. The summed E-state index contributed by atoms with van der Waals surface area (Å²) in [6.45, 7) is 0. The minimum atomic E-state index is -3.50. The highest BCUT2D eigenvalue weighted by Gasteiger charge is 2.24. The lowest BCUT2D eigenvalue weighted by molar-refractivity contribution is 0.602. The molecule has 1 heterocycles. The lowest BCUT2D eigenvalue weighted by Gasteiger charge is -2.12. The zero-order valence-electron chi connectivity index (χ0n) is 20.1. The van der Waals surface area contributed by atoms with Crippen molar-refractivity contribution in [1.82, 2.24) is 0 Å². The highest BCUT2D eigenvalue weighted by atomic mass is 32.2. The van der Waals surface area contributed by atoms with Gasteiger partial charge in [-0.2, -0.15) is 0 Å². The first-order valence-corrected chi connectivity index (χ1v) is 14.9. The van der Waals surface area contributed by atoms with E-state index in [4.69, 9.17) is 0 Å². The quantitative estimate of drug-likeness (QED) is 0.220. The summed E-state index contributed by atoms with van der Waals surface area (Å²) in [7, 11) is -3.50. The molecule has 0 N–H and O–H groups in total. The molecule has 37 heavy (non-hydrogen) atoms. The first kappa shape index (κ1) is 22.2. The Morgan fingerprint density at radius 3 is 1.30 bits per heavy atom. The van der Waals surface area contributed by atoms with Gasteiger partial charge < -0.3 is 0 Å². The Morgan fingerprint density at radius 1 is 0.514 bits per heavy atom. The number of benzene rings is 6. The van der Waals surface area contributed by atoms with E-state index in [1.54, 1.807) is 11.3 Å². The molecule has 6 aromatic carbocycles. The summed E-state index contributed by atoms with van der Waals surface area (Å²) < 4.78 is 26.6. The molecular weight excluding hydrogens is 492 g/mol. The molecule has 0 spiro atoms. The Balaban J connectivity index is 1.65. The fourth-order valence-electron chi connectivity index (χ4n) is 5.48. The Morgan fingerprint density at radius 2 is 0.892 bits per heavy atom. The molecule has 0 radical (unpaired) electrons. The van der Waals surface area contributed by atoms with Gasteiger partial charge in [-0.15, -0.1) is 11.3 Å². The minimum Gasteiger partial charge on any atom is -0.224 e. The number of hydrogen-bond donors (Lipinski definition) is 0. The van der Waals surface area contributed by atoms with Crippen LogP contribution in [-0.2, 0) is 9.84 Å². The Labute approximate surface area is 219 Å². The summed E-state index contributed by atoms with van der Waals surface area (Å²) in [4.78, 5) is 2.13. The third-order valence-corrected chi connectivity index (χ3v) is 9.53. The number of thiophene rings is 1. The van der Waals surface area contributed by atoms with Gasteiger partial charge >= 0.3 is 0 Å². The van der Waals surface area contributed by atoms with Crippen molar-refractivity contribution in [2.75, 3.05) is 6.26 Å². The van der Waals surface area contributed by atoms with Gasteiger partial charge in [0.15, 0.2) is 9.84 Å². The van der Waals surface area contributed by atoms with Crippen LogP contribution in [0.5, 0.6) is 0 Å². The fraction of sp³-hybridized carbons (Fsp3) is 0.0303. The molecule has 4 heteroatoms. The first-order chi connectivity index (χ1) is 18.0. The molecule has 0 atom stereocenters. The van der Waals surface area contributed by atoms with Crippen molar-refractivity contribution in [1.29, 1.82) is 0 Å². The van der Waals surface area contributed by atoms with E-state index in [2.05, 4.69) is 60.7 Å². The lowest BCUT2D eigenvalue weighted by Crippen LogP contribution is -1.97. The Kier molecular flexibility index (Phi) is 4.97. The van der Waals surface area contributed by atoms with Gasteiger partial charge in [-0.25, -0.2) is 8.42 Å². The molecule has 0 aliphatic heterocycles. The van der Waals surface area contributed by atoms with Gasteiger partial charge in [0.25, 0.3) is 0 Å². The van der Waals surface area contributed by atoms with Crippen molar-refractivity contribution in [2.45, 2.75) is 4.90 Å². The van der Waals surface area contributed by atoms with Crippen LogP contribution in [-0.4, -0.2) is 14.7 Å². The average molecular weight is 515 g/mol. The van der Waals surface area contributed by atoms with Crippen LogP contribution in [0, 0.1) is 0 Å². The van der Waals surface area contributed by atoms with Gasteiger partial charge in [0, 0.05) is 22.3 Å². The molecular formula is C33H22O2S2. The lowest BCUT2D eigenvalue weighted by atomic mass is 9.95. The molecule has 0 saturated carbocycles. The number of hydrogen-bond acceptors (Lipinski definition) is 3. The van der Waals surface area contributed by atoms with E-state index < -0.39 is 9.84 Å². The van der Waals surface area contributed by atoms with Crippen LogP contribution >= 0.6 is 11.3 Å². The Hall–Kier alpha value is -3.99. The molecule has 7 aromatic rings. The fourth-order valence-corrected chi connectivity index (χ4v) is 8.11. The first-order valence-electron chi connectivity index (χ1n) is 12.1. The maximum atomic E-state index is 13.3. The summed E-state index contributed by atoms with van der Waals surface area (Å²) in [5.74, 6) is 0. The van der Waals surface area contributed by atoms with Gasteiger partial charge in [0.1, 0.15) is 0 Å². The van der Waals surface area contributed by atoms with E-state index in [1.165, 1.54) is 6.26 Å². The second-order valence-electron chi connectivity index (χ2n) is 9.46. The standard InChI is InChI=1S/C33H22O2S2/c1-37(34,35)30-20-29(31-25-14-6-2-10-21(25)18-22-11-3-7-15-26(22)31)36-33(30)32-27-16-8-4-12-23(27)19-24-13-5-9-17-28(24)32/h2-20H,1H3. The van der Waals surface area contributed by atoms with Gasteiger partial charge in [0.2, 0.25) is 0 Å². The molecule has 0 aliphatic carbocycles. The van der Waals surface area contributed by atoms with Crippen molar-refractivity contribution in [2.24, 2.45) is 0 Å². The van der Waals surface area contributed by atoms with E-state index in [-0.39, 0.29) is 0 Å². The van der Waals surface area contributed by atoms with E-state index >= 15 is 0 Å². The van der Waals surface area contributed by atoms with Crippen LogP contribution in [0.15, 0.2) is 120 Å². The molecule has 1 aromatic heterocycles. The van der Waals surface area contributed by atoms with Gasteiger partial charge in [0.05, 0.1) is 9.77 Å². The molecule has 0 saturated heterocycles. The largest absolute Gasteiger partial charge is 0.224 e. The second-order valence-corrected chi connectivity index (χ2v) is 12.5. The zero-order valence-corrected chi connectivity index (χ0v) is 21.7. The Bertz CT molecular complexity index is 2010. The van der Waals surface area contributed by atoms with Gasteiger partial charge in [-0.05, 0) is 61.3 Å². The monoisotopic (exact) mass is 514 g/mol. The minimum absolute atomic E-state index is 0.381. The zero-order chi connectivity index (χ0) is 25.1. The van der Waals surface area contributed by atoms with Crippen molar-refractivity contribution < 1.29 is 8.42 Å². The van der Waals surface area contributed by atoms with Crippen molar-refractivity contribution in [3.8, 4) is 20.9 Å². The summed E-state index contributed by atoms with van der Waals surface area (Å²) in [5, 5.41) is 8.84. The second kappa shape index (κ2) is 8.27. The maximum absolute atomic E-state index is 13.3. The maximum Gasteiger partial charge on any atom is 0.176 e. The van der Waals surface area contributed by atoms with E-state index in [0.717, 1.165) is 64.0 Å². The molecule has 0 fully saturated rings. The smallest absolute Gasteiger partial charge is 0.176 e. The molecule has 0 aliphatic rings. The third kappa shape index (κ3) is 3.56. The normalized spacial score (nSPS) is 12.1. The van der Waals surface area contributed by atoms with Crippen molar-refractivity contribution in [3.63, 3.8) is 0 Å². The molecule has 0 amide bonds. The number of fused-ring (bicyclic) bond motifs is 4. The average Bonchev–Trinajstić information content (AvgIpc) is 3.35. The highest BCUT2D eigenvalue weighted by molar-refractivity contribution is 7.91. The van der Waals surface area contributed by atoms with Crippen LogP contribution in [0.3, 0.4) is 0 Å². The molecule has 7 rings (SSSR count). The third-order valence-electron chi connectivity index (χ3n) is 7.11. The molecule has 0 unspecified atom stereocenters. The number of sulfone groups is 1. The summed E-state index contributed by atoms with van der Waals surface area (Å²) in [6, 6.07) is 39.4. The van der Waals surface area contributed by atoms with Crippen molar-refractivity contribution >= 4 is 64.3 Å². The van der Waals surface area contributed by atoms with E-state index in [9.17, 15) is 8.42 Å². The van der Waals surface area contributed by atoms with Crippen LogP contribution in [0.2, 0.25) is 0 Å². The van der Waals surface area contributed by atoms with Crippen LogP contribution in [0.4, 0.5) is 0 Å².